The average molecular weight is 299 g/mol. The largest absolute Gasteiger partial charge is 0.497 e. The Labute approximate surface area is 110 Å². The van der Waals surface area contributed by atoms with Gasteiger partial charge in [-0.2, -0.15) is 0 Å². The standard InChI is InChI=1S/C13H15BrO3/c1-3-17-13(15)11(9-14)8-10-4-6-12(16-2)7-5-10/h4-8H,3,9H2,1-2H3/b11-8+. The molecule has 17 heavy (non-hydrogen) atoms. The van der Waals surface area contributed by atoms with Gasteiger partial charge in [0.15, 0.2) is 0 Å². The Morgan fingerprint density at radius 2 is 2.00 bits per heavy atom. The van der Waals surface area contributed by atoms with E-state index in [1.54, 1.807) is 20.1 Å². The lowest BCUT2D eigenvalue weighted by molar-refractivity contribution is -0.138. The average Bonchev–Trinajstić information content (AvgIpc) is 2.37. The van der Waals surface area contributed by atoms with Crippen molar-refractivity contribution in [1.29, 1.82) is 0 Å². The minimum Gasteiger partial charge on any atom is -0.497 e. The first-order chi connectivity index (χ1) is 8.21. The Kier molecular flexibility index (Phi) is 5.77. The summed E-state index contributed by atoms with van der Waals surface area (Å²) >= 11 is 3.28. The normalized spacial score (nSPS) is 11.1. The van der Waals surface area contributed by atoms with Crippen LogP contribution in [0.3, 0.4) is 0 Å². The van der Waals surface area contributed by atoms with Gasteiger partial charge in [0.25, 0.3) is 0 Å². The van der Waals surface area contributed by atoms with Crippen molar-refractivity contribution in [3.63, 3.8) is 0 Å². The first-order valence-electron chi connectivity index (χ1n) is 5.29. The van der Waals surface area contributed by atoms with Crippen molar-refractivity contribution < 1.29 is 14.3 Å². The molecule has 3 nitrogen and oxygen atoms in total. The lowest BCUT2D eigenvalue weighted by Gasteiger charge is -2.04. The highest BCUT2D eigenvalue weighted by Crippen LogP contribution is 2.15. The number of carbonyl (C=O) groups is 1. The number of halogens is 1. The summed E-state index contributed by atoms with van der Waals surface area (Å²) in [5, 5.41) is 0.470. The third-order valence-electron chi connectivity index (χ3n) is 2.14. The fourth-order valence-electron chi connectivity index (χ4n) is 1.28. The molecule has 92 valence electrons. The van der Waals surface area contributed by atoms with E-state index in [9.17, 15) is 4.79 Å². The second kappa shape index (κ2) is 7.12. The smallest absolute Gasteiger partial charge is 0.334 e. The highest BCUT2D eigenvalue weighted by atomic mass is 79.9. The van der Waals surface area contributed by atoms with E-state index in [1.165, 1.54) is 0 Å². The molecule has 0 N–H and O–H groups in total. The van der Waals surface area contributed by atoms with E-state index in [1.807, 2.05) is 24.3 Å². The van der Waals surface area contributed by atoms with Crippen molar-refractivity contribution in [2.24, 2.45) is 0 Å². The number of benzene rings is 1. The molecule has 1 rings (SSSR count). The van der Waals surface area contributed by atoms with Crippen LogP contribution in [0.2, 0.25) is 0 Å². The van der Waals surface area contributed by atoms with Crippen molar-refractivity contribution >= 4 is 28.0 Å². The molecule has 0 aliphatic carbocycles. The molecule has 0 amide bonds. The van der Waals surface area contributed by atoms with E-state index in [-0.39, 0.29) is 5.97 Å². The first kappa shape index (κ1) is 13.8. The minimum absolute atomic E-state index is 0.291. The molecule has 0 radical (unpaired) electrons. The Hall–Kier alpha value is -1.29. The third kappa shape index (κ3) is 4.23. The summed E-state index contributed by atoms with van der Waals surface area (Å²) < 4.78 is 10.0. The van der Waals surface area contributed by atoms with Crippen LogP contribution < -0.4 is 4.74 Å². The predicted octanol–water partition coefficient (Wildman–Crippen LogP) is 3.04. The maximum atomic E-state index is 11.6. The summed E-state index contributed by atoms with van der Waals surface area (Å²) in [4.78, 5) is 11.6. The molecule has 0 atom stereocenters. The monoisotopic (exact) mass is 298 g/mol. The molecule has 0 saturated carbocycles. The topological polar surface area (TPSA) is 35.5 Å². The summed E-state index contributed by atoms with van der Waals surface area (Å²) in [6, 6.07) is 7.48. The lowest BCUT2D eigenvalue weighted by Crippen LogP contribution is -2.08. The Balaban J connectivity index is 2.86. The van der Waals surface area contributed by atoms with E-state index in [4.69, 9.17) is 9.47 Å². The van der Waals surface area contributed by atoms with E-state index in [2.05, 4.69) is 15.9 Å². The second-order valence-electron chi connectivity index (χ2n) is 3.30. The molecule has 0 fully saturated rings. The summed E-state index contributed by atoms with van der Waals surface area (Å²) in [5.74, 6) is 0.499. The van der Waals surface area contributed by atoms with Crippen LogP contribution in [0.1, 0.15) is 12.5 Å². The molecule has 0 aromatic heterocycles. The quantitative estimate of drug-likeness (QED) is 0.476. The van der Waals surface area contributed by atoms with Gasteiger partial charge in [0.2, 0.25) is 0 Å². The summed E-state index contributed by atoms with van der Waals surface area (Å²) in [5.41, 5.74) is 1.53. The molecule has 0 aliphatic heterocycles. The number of esters is 1. The zero-order valence-corrected chi connectivity index (χ0v) is 11.5. The molecule has 1 aromatic carbocycles. The van der Waals surface area contributed by atoms with E-state index in [0.717, 1.165) is 11.3 Å². The lowest BCUT2D eigenvalue weighted by atomic mass is 10.1. The molecule has 4 heteroatoms. The summed E-state index contributed by atoms with van der Waals surface area (Å²) in [6.07, 6.45) is 1.80. The van der Waals surface area contributed by atoms with E-state index >= 15 is 0 Å². The molecular weight excluding hydrogens is 284 g/mol. The van der Waals surface area contributed by atoms with Crippen molar-refractivity contribution in [3.05, 3.63) is 35.4 Å². The van der Waals surface area contributed by atoms with Crippen LogP contribution in [0.15, 0.2) is 29.8 Å². The maximum absolute atomic E-state index is 11.6. The summed E-state index contributed by atoms with van der Waals surface area (Å²) in [7, 11) is 1.62. The number of carbonyl (C=O) groups excluding carboxylic acids is 1. The molecule has 0 unspecified atom stereocenters. The van der Waals surface area contributed by atoms with Crippen LogP contribution in [0, 0.1) is 0 Å². The van der Waals surface area contributed by atoms with Crippen LogP contribution >= 0.6 is 15.9 Å². The van der Waals surface area contributed by atoms with Crippen LogP contribution in [0.4, 0.5) is 0 Å². The number of hydrogen-bond donors (Lipinski definition) is 0. The molecular formula is C13H15BrO3. The third-order valence-corrected chi connectivity index (χ3v) is 2.74. The number of ether oxygens (including phenoxy) is 2. The van der Waals surface area contributed by atoms with Gasteiger partial charge in [-0.05, 0) is 30.7 Å². The second-order valence-corrected chi connectivity index (χ2v) is 3.86. The van der Waals surface area contributed by atoms with Crippen LogP contribution in [-0.4, -0.2) is 25.0 Å². The van der Waals surface area contributed by atoms with Crippen molar-refractivity contribution in [1.82, 2.24) is 0 Å². The van der Waals surface area contributed by atoms with Crippen molar-refractivity contribution in [2.45, 2.75) is 6.92 Å². The molecule has 0 saturated heterocycles. The highest BCUT2D eigenvalue weighted by molar-refractivity contribution is 9.09. The van der Waals surface area contributed by atoms with Gasteiger partial charge in [0.05, 0.1) is 13.7 Å². The van der Waals surface area contributed by atoms with Gasteiger partial charge in [-0.15, -0.1) is 0 Å². The first-order valence-corrected chi connectivity index (χ1v) is 6.41. The number of hydrogen-bond acceptors (Lipinski definition) is 3. The van der Waals surface area contributed by atoms with Crippen LogP contribution in [0.5, 0.6) is 5.75 Å². The van der Waals surface area contributed by atoms with Crippen LogP contribution in [0.25, 0.3) is 6.08 Å². The Morgan fingerprint density at radius 1 is 1.35 bits per heavy atom. The number of alkyl halides is 1. The Morgan fingerprint density at radius 3 is 2.47 bits per heavy atom. The molecule has 0 heterocycles. The van der Waals surface area contributed by atoms with Crippen molar-refractivity contribution in [2.75, 3.05) is 19.0 Å². The van der Waals surface area contributed by atoms with Crippen molar-refractivity contribution in [3.8, 4) is 5.75 Å². The van der Waals surface area contributed by atoms with Gasteiger partial charge in [0, 0.05) is 10.9 Å². The predicted molar refractivity (Wildman–Crippen MR) is 71.4 cm³/mol. The van der Waals surface area contributed by atoms with Gasteiger partial charge < -0.3 is 9.47 Å². The molecule has 0 aliphatic rings. The van der Waals surface area contributed by atoms with Gasteiger partial charge in [-0.1, -0.05) is 28.1 Å². The summed E-state index contributed by atoms with van der Waals surface area (Å²) in [6.45, 7) is 2.17. The fraction of sp³-hybridized carbons (Fsp3) is 0.308. The number of rotatable bonds is 5. The van der Waals surface area contributed by atoms with Gasteiger partial charge >= 0.3 is 5.97 Å². The van der Waals surface area contributed by atoms with E-state index < -0.39 is 0 Å². The molecule has 1 aromatic rings. The SMILES string of the molecule is CCOC(=O)/C(=C/c1ccc(OC)cc1)CBr. The van der Waals surface area contributed by atoms with Gasteiger partial charge in [0.1, 0.15) is 5.75 Å². The molecule has 0 bridgehead atoms. The molecule has 0 spiro atoms. The van der Waals surface area contributed by atoms with E-state index in [0.29, 0.717) is 17.5 Å². The van der Waals surface area contributed by atoms with Gasteiger partial charge in [-0.25, -0.2) is 4.79 Å². The van der Waals surface area contributed by atoms with Gasteiger partial charge in [-0.3, -0.25) is 0 Å². The number of methoxy groups -OCH3 is 1. The minimum atomic E-state index is -0.291. The highest BCUT2D eigenvalue weighted by Gasteiger charge is 2.08. The van der Waals surface area contributed by atoms with Crippen LogP contribution in [-0.2, 0) is 9.53 Å². The zero-order chi connectivity index (χ0) is 12.7. The fourth-order valence-corrected chi connectivity index (χ4v) is 1.67. The zero-order valence-electron chi connectivity index (χ0n) is 9.90. The maximum Gasteiger partial charge on any atom is 0.334 e. The Bertz CT molecular complexity index is 396.